The lowest BCUT2D eigenvalue weighted by Gasteiger charge is -2.27. The number of ether oxygens (including phenoxy) is 1. The van der Waals surface area contributed by atoms with Crippen molar-refractivity contribution in [2.24, 2.45) is 5.92 Å². The maximum Gasteiger partial charge on any atom is 0.119 e. The van der Waals surface area contributed by atoms with Gasteiger partial charge in [0.1, 0.15) is 5.75 Å². The highest BCUT2D eigenvalue weighted by Crippen LogP contribution is 2.39. The summed E-state index contributed by atoms with van der Waals surface area (Å²) in [6, 6.07) is 6.56. The number of methoxy groups -OCH3 is 1. The van der Waals surface area contributed by atoms with E-state index >= 15 is 0 Å². The van der Waals surface area contributed by atoms with Crippen LogP contribution in [0.15, 0.2) is 18.2 Å². The van der Waals surface area contributed by atoms with E-state index in [0.29, 0.717) is 0 Å². The Morgan fingerprint density at radius 3 is 3.13 bits per heavy atom. The summed E-state index contributed by atoms with van der Waals surface area (Å²) >= 11 is 0. The molecule has 2 atom stereocenters. The van der Waals surface area contributed by atoms with E-state index < -0.39 is 0 Å². The third-order valence-electron chi connectivity index (χ3n) is 3.88. The first-order valence-electron chi connectivity index (χ1n) is 5.76. The number of rotatable bonds is 1. The lowest BCUT2D eigenvalue weighted by Crippen LogP contribution is -2.18. The summed E-state index contributed by atoms with van der Waals surface area (Å²) in [4.78, 5) is 0. The van der Waals surface area contributed by atoms with E-state index in [9.17, 15) is 0 Å². The van der Waals surface area contributed by atoms with E-state index in [1.54, 1.807) is 7.11 Å². The summed E-state index contributed by atoms with van der Waals surface area (Å²) in [5.41, 5.74) is 3.05. The Morgan fingerprint density at radius 2 is 2.27 bits per heavy atom. The van der Waals surface area contributed by atoms with Crippen LogP contribution >= 0.6 is 0 Å². The summed E-state index contributed by atoms with van der Waals surface area (Å²) < 4.78 is 5.31. The van der Waals surface area contributed by atoms with Crippen LogP contribution in [0, 0.1) is 5.92 Å². The van der Waals surface area contributed by atoms with Crippen molar-refractivity contribution in [3.63, 3.8) is 0 Å². The number of benzene rings is 1. The molecule has 0 radical (unpaired) electrons. The molecule has 2 aliphatic rings. The molecule has 2 heteroatoms. The Kier molecular flexibility index (Phi) is 2.17. The van der Waals surface area contributed by atoms with Gasteiger partial charge in [-0.15, -0.1) is 0 Å². The summed E-state index contributed by atoms with van der Waals surface area (Å²) in [6.07, 6.45) is 2.58. The quantitative estimate of drug-likeness (QED) is 0.753. The Balaban J connectivity index is 2.03. The predicted octanol–water partition coefficient (Wildman–Crippen LogP) is 1.94. The van der Waals surface area contributed by atoms with E-state index in [2.05, 4.69) is 23.5 Å². The highest BCUT2D eigenvalue weighted by atomic mass is 16.5. The molecule has 0 bridgehead atoms. The van der Waals surface area contributed by atoms with Crippen LogP contribution in [0.5, 0.6) is 5.75 Å². The van der Waals surface area contributed by atoms with Crippen molar-refractivity contribution >= 4 is 0 Å². The molecule has 80 valence electrons. The molecule has 1 saturated heterocycles. The standard InChI is InChI=1S/C13H17NO/c1-15-11-5-4-9-2-3-10-7-14-8-13(10)12(9)6-11/h4-6,10,13-14H,2-3,7-8H2,1H3/t10-,13+/m0/s1. The molecule has 3 rings (SSSR count). The number of hydrogen-bond acceptors (Lipinski definition) is 2. The number of aryl methyl sites for hydroxylation is 1. The van der Waals surface area contributed by atoms with Crippen molar-refractivity contribution in [3.05, 3.63) is 29.3 Å². The normalized spacial score (nSPS) is 28.3. The molecule has 1 aliphatic heterocycles. The summed E-state index contributed by atoms with van der Waals surface area (Å²) in [5, 5.41) is 3.50. The molecule has 0 amide bonds. The summed E-state index contributed by atoms with van der Waals surface area (Å²) in [7, 11) is 1.74. The molecule has 2 nitrogen and oxygen atoms in total. The topological polar surface area (TPSA) is 21.3 Å². The van der Waals surface area contributed by atoms with Crippen molar-refractivity contribution < 1.29 is 4.74 Å². The zero-order chi connectivity index (χ0) is 10.3. The first-order valence-corrected chi connectivity index (χ1v) is 5.76. The average molecular weight is 203 g/mol. The Labute approximate surface area is 90.6 Å². The second kappa shape index (κ2) is 3.53. The van der Waals surface area contributed by atoms with Gasteiger partial charge in [0, 0.05) is 12.5 Å². The van der Waals surface area contributed by atoms with Crippen LogP contribution in [0.3, 0.4) is 0 Å². The molecule has 15 heavy (non-hydrogen) atoms. The monoisotopic (exact) mass is 203 g/mol. The molecule has 0 unspecified atom stereocenters. The largest absolute Gasteiger partial charge is 0.497 e. The van der Waals surface area contributed by atoms with Crippen LogP contribution in [0.1, 0.15) is 23.5 Å². The van der Waals surface area contributed by atoms with Gasteiger partial charge in [0.15, 0.2) is 0 Å². The molecule has 1 heterocycles. The molecule has 1 fully saturated rings. The minimum atomic E-state index is 0.726. The molecule has 0 aromatic heterocycles. The van der Waals surface area contributed by atoms with Crippen molar-refractivity contribution in [2.75, 3.05) is 20.2 Å². The van der Waals surface area contributed by atoms with Crippen LogP contribution in [-0.4, -0.2) is 20.2 Å². The second-order valence-corrected chi connectivity index (χ2v) is 4.63. The van der Waals surface area contributed by atoms with Crippen molar-refractivity contribution in [1.29, 1.82) is 0 Å². The SMILES string of the molecule is COc1ccc2c(c1)[C@@H]1CNC[C@@H]1CC2. The average Bonchev–Trinajstić information content (AvgIpc) is 2.76. The predicted molar refractivity (Wildman–Crippen MR) is 60.4 cm³/mol. The first-order chi connectivity index (χ1) is 7.38. The molecule has 1 aromatic rings. The van der Waals surface area contributed by atoms with Crippen molar-refractivity contribution in [2.45, 2.75) is 18.8 Å². The Bertz CT molecular complexity index is 375. The van der Waals surface area contributed by atoms with Gasteiger partial charge in [-0.2, -0.15) is 0 Å². The fourth-order valence-corrected chi connectivity index (χ4v) is 3.01. The Morgan fingerprint density at radius 1 is 1.33 bits per heavy atom. The van der Waals surface area contributed by atoms with Crippen LogP contribution in [-0.2, 0) is 6.42 Å². The minimum Gasteiger partial charge on any atom is -0.497 e. The zero-order valence-electron chi connectivity index (χ0n) is 9.12. The lowest BCUT2D eigenvalue weighted by molar-refractivity contribution is 0.408. The van der Waals surface area contributed by atoms with E-state index in [-0.39, 0.29) is 0 Å². The highest BCUT2D eigenvalue weighted by molar-refractivity contribution is 5.40. The van der Waals surface area contributed by atoms with Gasteiger partial charge in [-0.05, 0) is 48.6 Å². The Hall–Kier alpha value is -1.02. The van der Waals surface area contributed by atoms with E-state index in [1.165, 1.54) is 30.5 Å². The summed E-state index contributed by atoms with van der Waals surface area (Å²) in [6.45, 7) is 2.34. The second-order valence-electron chi connectivity index (χ2n) is 4.63. The van der Waals surface area contributed by atoms with Crippen LogP contribution < -0.4 is 10.1 Å². The van der Waals surface area contributed by atoms with Crippen molar-refractivity contribution in [1.82, 2.24) is 5.32 Å². The first kappa shape index (κ1) is 9.22. The lowest BCUT2D eigenvalue weighted by atomic mass is 9.77. The van der Waals surface area contributed by atoms with Gasteiger partial charge in [-0.3, -0.25) is 0 Å². The van der Waals surface area contributed by atoms with Gasteiger partial charge in [0.05, 0.1) is 7.11 Å². The molecule has 0 spiro atoms. The smallest absolute Gasteiger partial charge is 0.119 e. The number of hydrogen-bond donors (Lipinski definition) is 1. The molecule has 1 aromatic carbocycles. The van der Waals surface area contributed by atoms with E-state index in [0.717, 1.165) is 24.1 Å². The fraction of sp³-hybridized carbons (Fsp3) is 0.538. The van der Waals surface area contributed by atoms with Crippen LogP contribution in [0.4, 0.5) is 0 Å². The number of nitrogens with one attached hydrogen (secondary N) is 1. The van der Waals surface area contributed by atoms with Crippen LogP contribution in [0.25, 0.3) is 0 Å². The van der Waals surface area contributed by atoms with Gasteiger partial charge in [-0.25, -0.2) is 0 Å². The third-order valence-corrected chi connectivity index (χ3v) is 3.88. The zero-order valence-corrected chi connectivity index (χ0v) is 9.12. The van der Waals surface area contributed by atoms with Crippen molar-refractivity contribution in [3.8, 4) is 5.75 Å². The molecular weight excluding hydrogens is 186 g/mol. The maximum atomic E-state index is 5.31. The van der Waals surface area contributed by atoms with Gasteiger partial charge >= 0.3 is 0 Å². The maximum absolute atomic E-state index is 5.31. The van der Waals surface area contributed by atoms with Gasteiger partial charge in [-0.1, -0.05) is 6.07 Å². The third kappa shape index (κ3) is 1.44. The van der Waals surface area contributed by atoms with E-state index in [1.807, 2.05) is 0 Å². The molecule has 1 aliphatic carbocycles. The fourth-order valence-electron chi connectivity index (χ4n) is 3.01. The van der Waals surface area contributed by atoms with E-state index in [4.69, 9.17) is 4.74 Å². The summed E-state index contributed by atoms with van der Waals surface area (Å²) in [5.74, 6) is 2.58. The minimum absolute atomic E-state index is 0.726. The van der Waals surface area contributed by atoms with Crippen LogP contribution in [0.2, 0.25) is 0 Å². The molecular formula is C13H17NO. The molecule has 0 saturated carbocycles. The van der Waals surface area contributed by atoms with Gasteiger partial charge in [0.2, 0.25) is 0 Å². The van der Waals surface area contributed by atoms with Gasteiger partial charge in [0.25, 0.3) is 0 Å². The molecule has 1 N–H and O–H groups in total. The van der Waals surface area contributed by atoms with Gasteiger partial charge < -0.3 is 10.1 Å². The number of fused-ring (bicyclic) bond motifs is 3. The highest BCUT2D eigenvalue weighted by Gasteiger charge is 2.33.